The van der Waals surface area contributed by atoms with Gasteiger partial charge in [0.2, 0.25) is 0 Å². The molecule has 2 aromatic heterocycles. The van der Waals surface area contributed by atoms with Gasteiger partial charge in [0.05, 0.1) is 3.79 Å². The van der Waals surface area contributed by atoms with Crippen molar-refractivity contribution in [1.82, 2.24) is 15.8 Å². The molecule has 0 bridgehead atoms. The van der Waals surface area contributed by atoms with Crippen molar-refractivity contribution in [2.45, 2.75) is 0 Å². The van der Waals surface area contributed by atoms with Gasteiger partial charge < -0.3 is 4.98 Å². The molecular weight excluding hydrogens is 410 g/mol. The summed E-state index contributed by atoms with van der Waals surface area (Å²) in [6, 6.07) is 5.39. The highest BCUT2D eigenvalue weighted by Crippen LogP contribution is 2.22. The molecule has 0 fully saturated rings. The van der Waals surface area contributed by atoms with Crippen LogP contribution in [0.25, 0.3) is 6.08 Å². The molecule has 0 radical (unpaired) electrons. The SMILES string of the molecule is O=C(/C=C/c1ccc(Br)s1)NNC(=O)c1cc(Br)c[nH]1. The van der Waals surface area contributed by atoms with E-state index in [9.17, 15) is 9.59 Å². The molecule has 5 nitrogen and oxygen atoms in total. The zero-order chi connectivity index (χ0) is 14.5. The van der Waals surface area contributed by atoms with Crippen molar-refractivity contribution >= 4 is 61.1 Å². The first-order valence-electron chi connectivity index (χ1n) is 5.42. The van der Waals surface area contributed by atoms with Crippen LogP contribution in [0.1, 0.15) is 15.4 Å². The van der Waals surface area contributed by atoms with Crippen LogP contribution in [0.3, 0.4) is 0 Å². The van der Waals surface area contributed by atoms with E-state index in [0.717, 1.165) is 13.1 Å². The summed E-state index contributed by atoms with van der Waals surface area (Å²) in [5.74, 6) is -0.829. The molecule has 3 N–H and O–H groups in total. The number of carbonyl (C=O) groups is 2. The largest absolute Gasteiger partial charge is 0.356 e. The van der Waals surface area contributed by atoms with Crippen molar-refractivity contribution in [2.24, 2.45) is 0 Å². The number of carbonyl (C=O) groups excluding carboxylic acids is 2. The predicted octanol–water partition coefficient (Wildman–Crippen LogP) is 3.08. The van der Waals surface area contributed by atoms with Gasteiger partial charge in [0, 0.05) is 21.6 Å². The quantitative estimate of drug-likeness (QED) is 0.529. The van der Waals surface area contributed by atoms with Crippen LogP contribution in [0.2, 0.25) is 0 Å². The summed E-state index contributed by atoms with van der Waals surface area (Å²) in [7, 11) is 0. The first-order valence-corrected chi connectivity index (χ1v) is 7.82. The Morgan fingerprint density at radius 2 is 2.05 bits per heavy atom. The third-order valence-corrected chi connectivity index (χ3v) is 4.23. The second-order valence-corrected chi connectivity index (χ2v) is 7.06. The Morgan fingerprint density at radius 1 is 1.25 bits per heavy atom. The lowest BCUT2D eigenvalue weighted by atomic mass is 10.4. The minimum Gasteiger partial charge on any atom is -0.356 e. The highest BCUT2D eigenvalue weighted by Gasteiger charge is 2.07. The summed E-state index contributed by atoms with van der Waals surface area (Å²) in [6.07, 6.45) is 4.65. The van der Waals surface area contributed by atoms with Crippen molar-refractivity contribution in [3.63, 3.8) is 0 Å². The van der Waals surface area contributed by atoms with Crippen LogP contribution in [-0.4, -0.2) is 16.8 Å². The topological polar surface area (TPSA) is 74.0 Å². The minimum absolute atomic E-state index is 0.350. The summed E-state index contributed by atoms with van der Waals surface area (Å²) in [4.78, 5) is 26.9. The molecule has 0 aliphatic rings. The summed E-state index contributed by atoms with van der Waals surface area (Å²) in [5.41, 5.74) is 4.96. The van der Waals surface area contributed by atoms with E-state index in [1.165, 1.54) is 17.4 Å². The Bertz CT molecular complexity index is 663. The third kappa shape index (κ3) is 4.32. The number of nitrogens with one attached hydrogen (secondary N) is 3. The molecule has 0 saturated carbocycles. The predicted molar refractivity (Wildman–Crippen MR) is 85.2 cm³/mol. The zero-order valence-corrected chi connectivity index (χ0v) is 13.9. The monoisotopic (exact) mass is 417 g/mol. The first kappa shape index (κ1) is 15.0. The number of aromatic nitrogens is 1. The molecule has 20 heavy (non-hydrogen) atoms. The van der Waals surface area contributed by atoms with E-state index in [0.29, 0.717) is 5.69 Å². The fourth-order valence-corrected chi connectivity index (χ4v) is 2.97. The molecule has 0 saturated heterocycles. The van der Waals surface area contributed by atoms with Crippen LogP contribution in [0, 0.1) is 0 Å². The van der Waals surface area contributed by atoms with Gasteiger partial charge in [-0.25, -0.2) is 0 Å². The van der Waals surface area contributed by atoms with Crippen molar-refractivity contribution in [3.8, 4) is 0 Å². The van der Waals surface area contributed by atoms with E-state index >= 15 is 0 Å². The third-order valence-electron chi connectivity index (χ3n) is 2.18. The second-order valence-electron chi connectivity index (χ2n) is 3.65. The van der Waals surface area contributed by atoms with Gasteiger partial charge in [-0.1, -0.05) is 0 Å². The van der Waals surface area contributed by atoms with Crippen LogP contribution in [0.15, 0.2) is 38.7 Å². The smallest absolute Gasteiger partial charge is 0.286 e. The van der Waals surface area contributed by atoms with Gasteiger partial charge in [-0.2, -0.15) is 0 Å². The number of thiophene rings is 1. The lowest BCUT2D eigenvalue weighted by Crippen LogP contribution is -2.40. The van der Waals surface area contributed by atoms with Gasteiger partial charge in [-0.15, -0.1) is 11.3 Å². The van der Waals surface area contributed by atoms with Crippen molar-refractivity contribution in [2.75, 3.05) is 0 Å². The molecule has 0 aliphatic heterocycles. The summed E-state index contributed by atoms with van der Waals surface area (Å²) < 4.78 is 1.75. The van der Waals surface area contributed by atoms with Crippen molar-refractivity contribution < 1.29 is 9.59 Å². The van der Waals surface area contributed by atoms with Gasteiger partial charge in [0.25, 0.3) is 11.8 Å². The molecule has 0 aromatic carbocycles. The van der Waals surface area contributed by atoms with E-state index in [1.807, 2.05) is 12.1 Å². The normalized spacial score (nSPS) is 10.7. The summed E-state index contributed by atoms with van der Waals surface area (Å²) >= 11 is 8.06. The Balaban J connectivity index is 1.83. The van der Waals surface area contributed by atoms with Crippen LogP contribution < -0.4 is 10.9 Å². The lowest BCUT2D eigenvalue weighted by Gasteiger charge is -2.02. The molecule has 0 atom stereocenters. The average molecular weight is 419 g/mol. The fraction of sp³-hybridized carbons (Fsp3) is 0. The highest BCUT2D eigenvalue weighted by atomic mass is 79.9. The molecule has 2 aromatic rings. The number of hydrazine groups is 1. The van der Waals surface area contributed by atoms with Crippen molar-refractivity contribution in [3.05, 3.63) is 49.3 Å². The van der Waals surface area contributed by atoms with Gasteiger partial charge in [0.1, 0.15) is 5.69 Å². The van der Waals surface area contributed by atoms with E-state index < -0.39 is 11.8 Å². The average Bonchev–Trinajstić information content (AvgIpc) is 3.02. The Morgan fingerprint density at radius 3 is 2.65 bits per heavy atom. The molecular formula is C12H9Br2N3O2S. The number of aromatic amines is 1. The molecule has 8 heteroatoms. The van der Waals surface area contributed by atoms with E-state index in [4.69, 9.17) is 0 Å². The fourth-order valence-electron chi connectivity index (χ4n) is 1.30. The summed E-state index contributed by atoms with van der Waals surface area (Å²) in [5, 5.41) is 0. The van der Waals surface area contributed by atoms with E-state index in [1.54, 1.807) is 18.3 Å². The number of hydrogen-bond acceptors (Lipinski definition) is 3. The van der Waals surface area contributed by atoms with Crippen molar-refractivity contribution in [1.29, 1.82) is 0 Å². The molecule has 2 heterocycles. The van der Waals surface area contributed by atoms with Gasteiger partial charge in [-0.3, -0.25) is 20.4 Å². The number of halogens is 2. The second kappa shape index (κ2) is 6.87. The maximum atomic E-state index is 11.6. The maximum absolute atomic E-state index is 11.6. The van der Waals surface area contributed by atoms with Gasteiger partial charge in [0.15, 0.2) is 0 Å². The zero-order valence-electron chi connectivity index (χ0n) is 9.94. The summed E-state index contributed by atoms with van der Waals surface area (Å²) in [6.45, 7) is 0. The van der Waals surface area contributed by atoms with Crippen LogP contribution in [0.5, 0.6) is 0 Å². The minimum atomic E-state index is -0.420. The number of H-pyrrole nitrogens is 1. The number of hydrogen-bond donors (Lipinski definition) is 3. The molecule has 104 valence electrons. The molecule has 0 unspecified atom stereocenters. The first-order chi connectivity index (χ1) is 9.54. The Kier molecular flexibility index (Phi) is 5.16. The van der Waals surface area contributed by atoms with Crippen LogP contribution >= 0.6 is 43.2 Å². The number of rotatable bonds is 3. The highest BCUT2D eigenvalue weighted by molar-refractivity contribution is 9.11. The van der Waals surface area contributed by atoms with E-state index in [2.05, 4.69) is 47.7 Å². The molecule has 2 amide bonds. The van der Waals surface area contributed by atoms with Crippen LogP contribution in [-0.2, 0) is 4.79 Å². The Labute approximate surface area is 135 Å². The lowest BCUT2D eigenvalue weighted by molar-refractivity contribution is -0.117. The van der Waals surface area contributed by atoms with E-state index in [-0.39, 0.29) is 0 Å². The Hall–Kier alpha value is -1.38. The van der Waals surface area contributed by atoms with Crippen LogP contribution in [0.4, 0.5) is 0 Å². The number of amides is 2. The van der Waals surface area contributed by atoms with Gasteiger partial charge >= 0.3 is 0 Å². The maximum Gasteiger partial charge on any atom is 0.286 e. The molecule has 0 aliphatic carbocycles. The molecule has 0 spiro atoms. The molecule has 2 rings (SSSR count). The standard InChI is InChI=1S/C12H9Br2N3O2S/c13-7-5-9(15-6-7)12(19)17-16-11(18)4-2-8-1-3-10(14)20-8/h1-6,15H,(H,16,18)(H,17,19)/b4-2+. The van der Waals surface area contributed by atoms with Gasteiger partial charge in [-0.05, 0) is 56.1 Å².